The SMILES string of the molecule is NC1C=C(c2ccc3ccccc3c2)CC1. The van der Waals surface area contributed by atoms with Crippen molar-refractivity contribution in [1.29, 1.82) is 0 Å². The van der Waals surface area contributed by atoms with Gasteiger partial charge in [0.2, 0.25) is 0 Å². The Morgan fingerprint density at radius 3 is 2.56 bits per heavy atom. The Labute approximate surface area is 95.6 Å². The van der Waals surface area contributed by atoms with Gasteiger partial charge < -0.3 is 5.73 Å². The van der Waals surface area contributed by atoms with Gasteiger partial charge in [-0.15, -0.1) is 0 Å². The molecular formula is C15H15N. The fourth-order valence-electron chi connectivity index (χ4n) is 2.38. The smallest absolute Gasteiger partial charge is 0.0232 e. The van der Waals surface area contributed by atoms with E-state index < -0.39 is 0 Å². The molecule has 0 bridgehead atoms. The molecule has 1 unspecified atom stereocenters. The van der Waals surface area contributed by atoms with E-state index in [0.29, 0.717) is 0 Å². The third-order valence-electron chi connectivity index (χ3n) is 3.28. The molecule has 0 aliphatic heterocycles. The maximum atomic E-state index is 5.90. The van der Waals surface area contributed by atoms with Crippen molar-refractivity contribution in [2.75, 3.05) is 0 Å². The van der Waals surface area contributed by atoms with Crippen LogP contribution in [-0.4, -0.2) is 6.04 Å². The monoisotopic (exact) mass is 209 g/mol. The molecule has 1 aliphatic rings. The predicted octanol–water partition coefficient (Wildman–Crippen LogP) is 3.34. The number of hydrogen-bond acceptors (Lipinski definition) is 1. The summed E-state index contributed by atoms with van der Waals surface area (Å²) in [6.45, 7) is 0. The number of fused-ring (bicyclic) bond motifs is 1. The third kappa shape index (κ3) is 1.63. The quantitative estimate of drug-likeness (QED) is 0.765. The van der Waals surface area contributed by atoms with Gasteiger partial charge in [0.05, 0.1) is 0 Å². The second kappa shape index (κ2) is 3.76. The molecule has 2 aromatic rings. The largest absolute Gasteiger partial charge is 0.324 e. The van der Waals surface area contributed by atoms with Crippen molar-refractivity contribution in [3.8, 4) is 0 Å². The lowest BCUT2D eigenvalue weighted by Crippen LogP contribution is -2.11. The first kappa shape index (κ1) is 9.61. The molecule has 1 heteroatoms. The maximum Gasteiger partial charge on any atom is 0.0232 e. The number of nitrogens with two attached hydrogens (primary N) is 1. The molecule has 1 nitrogen and oxygen atoms in total. The summed E-state index contributed by atoms with van der Waals surface area (Å²) < 4.78 is 0. The lowest BCUT2D eigenvalue weighted by atomic mass is 10.0. The zero-order valence-electron chi connectivity index (χ0n) is 9.19. The fraction of sp³-hybridized carbons (Fsp3) is 0.200. The fourth-order valence-corrected chi connectivity index (χ4v) is 2.38. The highest BCUT2D eigenvalue weighted by atomic mass is 14.6. The van der Waals surface area contributed by atoms with Crippen LogP contribution in [0.25, 0.3) is 16.3 Å². The first-order valence-corrected chi connectivity index (χ1v) is 5.78. The molecule has 2 N–H and O–H groups in total. The highest BCUT2D eigenvalue weighted by molar-refractivity contribution is 5.86. The van der Waals surface area contributed by atoms with E-state index >= 15 is 0 Å². The zero-order valence-corrected chi connectivity index (χ0v) is 9.19. The van der Waals surface area contributed by atoms with Crippen LogP contribution in [0, 0.1) is 0 Å². The molecule has 80 valence electrons. The van der Waals surface area contributed by atoms with Crippen LogP contribution in [0.4, 0.5) is 0 Å². The Morgan fingerprint density at radius 1 is 1.00 bits per heavy atom. The van der Waals surface area contributed by atoms with Crippen molar-refractivity contribution in [3.05, 3.63) is 54.1 Å². The van der Waals surface area contributed by atoms with Gasteiger partial charge in [-0.1, -0.05) is 42.5 Å². The van der Waals surface area contributed by atoms with E-state index in [0.717, 1.165) is 12.8 Å². The Bertz CT molecular complexity index is 554. The molecule has 0 fully saturated rings. The van der Waals surface area contributed by atoms with Crippen LogP contribution < -0.4 is 5.73 Å². The van der Waals surface area contributed by atoms with Gasteiger partial charge in [-0.3, -0.25) is 0 Å². The molecule has 1 atom stereocenters. The van der Waals surface area contributed by atoms with Crippen molar-refractivity contribution in [3.63, 3.8) is 0 Å². The van der Waals surface area contributed by atoms with Crippen molar-refractivity contribution in [2.45, 2.75) is 18.9 Å². The first-order valence-electron chi connectivity index (χ1n) is 5.78. The van der Waals surface area contributed by atoms with Gasteiger partial charge in [0.1, 0.15) is 0 Å². The lowest BCUT2D eigenvalue weighted by molar-refractivity contribution is 0.782. The van der Waals surface area contributed by atoms with Gasteiger partial charge in [0.15, 0.2) is 0 Å². The van der Waals surface area contributed by atoms with Crippen LogP contribution >= 0.6 is 0 Å². The normalized spacial score (nSPS) is 20.1. The summed E-state index contributed by atoms with van der Waals surface area (Å²) in [5.74, 6) is 0. The molecule has 0 saturated carbocycles. The van der Waals surface area contributed by atoms with E-state index in [1.165, 1.54) is 21.9 Å². The zero-order chi connectivity index (χ0) is 11.0. The van der Waals surface area contributed by atoms with E-state index in [1.54, 1.807) is 0 Å². The Balaban J connectivity index is 2.09. The predicted molar refractivity (Wildman–Crippen MR) is 69.1 cm³/mol. The van der Waals surface area contributed by atoms with Gasteiger partial charge in [-0.25, -0.2) is 0 Å². The van der Waals surface area contributed by atoms with Crippen LogP contribution in [0.2, 0.25) is 0 Å². The van der Waals surface area contributed by atoms with Crippen LogP contribution in [0.1, 0.15) is 18.4 Å². The summed E-state index contributed by atoms with van der Waals surface area (Å²) in [7, 11) is 0. The number of benzene rings is 2. The van der Waals surface area contributed by atoms with E-state index in [4.69, 9.17) is 5.73 Å². The molecule has 0 amide bonds. The number of allylic oxidation sites excluding steroid dienone is 1. The maximum absolute atomic E-state index is 5.90. The lowest BCUT2D eigenvalue weighted by Gasteiger charge is -2.04. The minimum Gasteiger partial charge on any atom is -0.324 e. The summed E-state index contributed by atoms with van der Waals surface area (Å²) in [5, 5.41) is 2.61. The highest BCUT2D eigenvalue weighted by Crippen LogP contribution is 2.29. The van der Waals surface area contributed by atoms with E-state index in [2.05, 4.69) is 48.5 Å². The van der Waals surface area contributed by atoms with Crippen molar-refractivity contribution >= 4 is 16.3 Å². The minimum absolute atomic E-state index is 0.251. The summed E-state index contributed by atoms with van der Waals surface area (Å²) in [4.78, 5) is 0. The second-order valence-electron chi connectivity index (χ2n) is 4.46. The van der Waals surface area contributed by atoms with Gasteiger partial charge in [0, 0.05) is 6.04 Å². The van der Waals surface area contributed by atoms with Crippen LogP contribution in [0.3, 0.4) is 0 Å². The number of hydrogen-bond donors (Lipinski definition) is 1. The van der Waals surface area contributed by atoms with Crippen LogP contribution in [0.15, 0.2) is 48.5 Å². The van der Waals surface area contributed by atoms with E-state index in [1.807, 2.05) is 0 Å². The Kier molecular flexibility index (Phi) is 2.26. The molecule has 2 aromatic carbocycles. The summed E-state index contributed by atoms with van der Waals surface area (Å²) in [6, 6.07) is 15.4. The summed E-state index contributed by atoms with van der Waals surface area (Å²) in [5.41, 5.74) is 8.63. The molecule has 0 saturated heterocycles. The van der Waals surface area contributed by atoms with Crippen molar-refractivity contribution in [2.24, 2.45) is 5.73 Å². The molecule has 0 spiro atoms. The Morgan fingerprint density at radius 2 is 1.81 bits per heavy atom. The molecular weight excluding hydrogens is 194 g/mol. The van der Waals surface area contributed by atoms with Gasteiger partial charge >= 0.3 is 0 Å². The number of rotatable bonds is 1. The van der Waals surface area contributed by atoms with Gasteiger partial charge in [-0.05, 0) is 40.8 Å². The summed E-state index contributed by atoms with van der Waals surface area (Å²) in [6.07, 6.45) is 4.39. The van der Waals surface area contributed by atoms with Crippen LogP contribution in [-0.2, 0) is 0 Å². The van der Waals surface area contributed by atoms with Gasteiger partial charge in [0.25, 0.3) is 0 Å². The standard InChI is InChI=1S/C15H15N/c16-15-8-7-14(10-15)13-6-5-11-3-1-2-4-12(11)9-13/h1-6,9-10,15H,7-8,16H2. The first-order chi connectivity index (χ1) is 7.83. The molecule has 0 heterocycles. The van der Waals surface area contributed by atoms with Crippen molar-refractivity contribution < 1.29 is 0 Å². The minimum atomic E-state index is 0.251. The Hall–Kier alpha value is -1.60. The van der Waals surface area contributed by atoms with Crippen molar-refractivity contribution in [1.82, 2.24) is 0 Å². The van der Waals surface area contributed by atoms with Crippen LogP contribution in [0.5, 0.6) is 0 Å². The summed E-state index contributed by atoms with van der Waals surface area (Å²) >= 11 is 0. The molecule has 0 aromatic heterocycles. The van der Waals surface area contributed by atoms with E-state index in [9.17, 15) is 0 Å². The van der Waals surface area contributed by atoms with E-state index in [-0.39, 0.29) is 6.04 Å². The molecule has 16 heavy (non-hydrogen) atoms. The third-order valence-corrected chi connectivity index (χ3v) is 3.28. The molecule has 0 radical (unpaired) electrons. The second-order valence-corrected chi connectivity index (χ2v) is 4.46. The molecule has 1 aliphatic carbocycles. The molecule has 3 rings (SSSR count). The average Bonchev–Trinajstić information content (AvgIpc) is 2.75. The topological polar surface area (TPSA) is 26.0 Å². The highest BCUT2D eigenvalue weighted by Gasteiger charge is 2.13. The average molecular weight is 209 g/mol. The van der Waals surface area contributed by atoms with Gasteiger partial charge in [-0.2, -0.15) is 0 Å².